The third kappa shape index (κ3) is 3.55. The summed E-state index contributed by atoms with van der Waals surface area (Å²) in [6.45, 7) is 2.48. The molecule has 0 bridgehead atoms. The molecule has 0 unspecified atom stereocenters. The topological polar surface area (TPSA) is 77.7 Å². The van der Waals surface area contributed by atoms with Crippen LogP contribution in [0.1, 0.15) is 24.7 Å². The quantitative estimate of drug-likeness (QED) is 0.760. The summed E-state index contributed by atoms with van der Waals surface area (Å²) in [6.07, 6.45) is 5.57. The highest BCUT2D eigenvalue weighted by Gasteiger charge is 2.21. The van der Waals surface area contributed by atoms with Gasteiger partial charge in [0, 0.05) is 36.0 Å². The monoisotopic (exact) mass is 314 g/mol. The molecule has 0 spiro atoms. The van der Waals surface area contributed by atoms with Gasteiger partial charge in [-0.2, -0.15) is 0 Å². The van der Waals surface area contributed by atoms with E-state index in [2.05, 4.69) is 15.2 Å². The summed E-state index contributed by atoms with van der Waals surface area (Å²) < 4.78 is 24.5. The van der Waals surface area contributed by atoms with Crippen molar-refractivity contribution in [1.29, 1.82) is 0 Å². The van der Waals surface area contributed by atoms with E-state index >= 15 is 0 Å². The van der Waals surface area contributed by atoms with Crippen LogP contribution in [0, 0.1) is 0 Å². The Labute approximate surface area is 122 Å². The SMILES string of the molecule is CCCn1c(CCc2cccnc2)nnc1S(=O)(=O)Cl. The Balaban J connectivity index is 2.22. The first-order chi connectivity index (χ1) is 9.52. The van der Waals surface area contributed by atoms with Crippen molar-refractivity contribution >= 4 is 19.7 Å². The van der Waals surface area contributed by atoms with E-state index in [-0.39, 0.29) is 5.16 Å². The Bertz CT molecular complexity index is 670. The Morgan fingerprint density at radius 2 is 2.10 bits per heavy atom. The first kappa shape index (κ1) is 14.9. The summed E-state index contributed by atoms with van der Waals surface area (Å²) in [7, 11) is 1.50. The minimum atomic E-state index is -3.87. The van der Waals surface area contributed by atoms with Crippen molar-refractivity contribution < 1.29 is 8.42 Å². The highest BCUT2D eigenvalue weighted by Crippen LogP contribution is 2.16. The highest BCUT2D eigenvalue weighted by molar-refractivity contribution is 8.13. The molecule has 0 aliphatic rings. The van der Waals surface area contributed by atoms with Crippen molar-refractivity contribution in [2.75, 3.05) is 0 Å². The van der Waals surface area contributed by atoms with E-state index in [1.807, 2.05) is 19.1 Å². The van der Waals surface area contributed by atoms with Gasteiger partial charge >= 0.3 is 0 Å². The van der Waals surface area contributed by atoms with Crippen molar-refractivity contribution in [3.63, 3.8) is 0 Å². The highest BCUT2D eigenvalue weighted by atomic mass is 35.7. The van der Waals surface area contributed by atoms with E-state index in [9.17, 15) is 8.42 Å². The molecule has 0 aromatic carbocycles. The van der Waals surface area contributed by atoms with Crippen molar-refractivity contribution in [1.82, 2.24) is 19.7 Å². The van der Waals surface area contributed by atoms with E-state index in [0.717, 1.165) is 18.4 Å². The molecule has 20 heavy (non-hydrogen) atoms. The molecule has 0 atom stereocenters. The molecule has 0 saturated heterocycles. The number of hydrogen-bond donors (Lipinski definition) is 0. The number of nitrogens with zero attached hydrogens (tertiary/aromatic N) is 4. The van der Waals surface area contributed by atoms with E-state index < -0.39 is 9.05 Å². The van der Waals surface area contributed by atoms with Crippen molar-refractivity contribution in [3.8, 4) is 0 Å². The summed E-state index contributed by atoms with van der Waals surface area (Å²) in [4.78, 5) is 4.04. The lowest BCUT2D eigenvalue weighted by Crippen LogP contribution is -2.10. The molecule has 6 nitrogen and oxygen atoms in total. The van der Waals surface area contributed by atoms with Crippen LogP contribution < -0.4 is 0 Å². The van der Waals surface area contributed by atoms with E-state index in [1.54, 1.807) is 17.0 Å². The van der Waals surface area contributed by atoms with Crippen LogP contribution in [0.2, 0.25) is 0 Å². The smallest absolute Gasteiger partial charge is 0.296 e. The number of hydrogen-bond acceptors (Lipinski definition) is 5. The Kier molecular flexibility index (Phi) is 4.72. The fourth-order valence-corrected chi connectivity index (χ4v) is 2.88. The van der Waals surface area contributed by atoms with Crippen LogP contribution in [-0.4, -0.2) is 28.2 Å². The standard InChI is InChI=1S/C12H15ClN4O2S/c1-2-8-17-11(15-16-12(17)20(13,18)19)6-5-10-4-3-7-14-9-10/h3-4,7,9H,2,5-6,8H2,1H3. The molecule has 108 valence electrons. The van der Waals surface area contributed by atoms with Gasteiger partial charge in [-0.1, -0.05) is 13.0 Å². The second-order valence-corrected chi connectivity index (χ2v) is 6.81. The predicted octanol–water partition coefficient (Wildman–Crippen LogP) is 1.80. The molecule has 0 saturated carbocycles. The number of aromatic nitrogens is 4. The van der Waals surface area contributed by atoms with Crippen molar-refractivity contribution in [2.24, 2.45) is 0 Å². The average molecular weight is 315 g/mol. The van der Waals surface area contributed by atoms with Gasteiger partial charge in [0.15, 0.2) is 0 Å². The first-order valence-corrected chi connectivity index (χ1v) is 8.59. The van der Waals surface area contributed by atoms with Gasteiger partial charge in [-0.15, -0.1) is 10.2 Å². The second kappa shape index (κ2) is 6.32. The maximum atomic E-state index is 11.4. The van der Waals surface area contributed by atoms with Gasteiger partial charge in [-0.05, 0) is 24.5 Å². The molecule has 2 aromatic heterocycles. The predicted molar refractivity (Wildman–Crippen MR) is 75.0 cm³/mol. The lowest BCUT2D eigenvalue weighted by Gasteiger charge is -2.07. The number of halogens is 1. The molecule has 2 heterocycles. The van der Waals surface area contributed by atoms with Gasteiger partial charge < -0.3 is 4.57 Å². The fraction of sp³-hybridized carbons (Fsp3) is 0.417. The van der Waals surface area contributed by atoms with Crippen molar-refractivity contribution in [2.45, 2.75) is 37.9 Å². The van der Waals surface area contributed by atoms with E-state index in [0.29, 0.717) is 18.8 Å². The van der Waals surface area contributed by atoms with Gasteiger partial charge in [0.05, 0.1) is 0 Å². The lowest BCUT2D eigenvalue weighted by molar-refractivity contribution is 0.554. The van der Waals surface area contributed by atoms with E-state index in [1.165, 1.54) is 0 Å². The van der Waals surface area contributed by atoms with Gasteiger partial charge in [-0.25, -0.2) is 8.42 Å². The van der Waals surface area contributed by atoms with Crippen LogP contribution in [-0.2, 0) is 28.4 Å². The number of pyridine rings is 1. The Hall–Kier alpha value is -1.47. The Morgan fingerprint density at radius 1 is 1.30 bits per heavy atom. The fourth-order valence-electron chi connectivity index (χ4n) is 1.93. The van der Waals surface area contributed by atoms with Gasteiger partial charge in [0.2, 0.25) is 0 Å². The summed E-state index contributed by atoms with van der Waals surface area (Å²) in [5.41, 5.74) is 1.06. The third-order valence-corrected chi connectivity index (χ3v) is 3.97. The van der Waals surface area contributed by atoms with Crippen LogP contribution in [0.5, 0.6) is 0 Å². The molecule has 2 aromatic rings. The number of aryl methyl sites for hydroxylation is 2. The average Bonchev–Trinajstić information content (AvgIpc) is 2.81. The molecule has 0 amide bonds. The normalized spacial score (nSPS) is 11.7. The van der Waals surface area contributed by atoms with Crippen LogP contribution in [0.3, 0.4) is 0 Å². The molecule has 0 aliphatic carbocycles. The maximum absolute atomic E-state index is 11.4. The van der Waals surface area contributed by atoms with Crippen molar-refractivity contribution in [3.05, 3.63) is 35.9 Å². The number of rotatable bonds is 6. The van der Waals surface area contributed by atoms with Gasteiger partial charge in [0.1, 0.15) is 5.82 Å². The zero-order valence-electron chi connectivity index (χ0n) is 11.0. The maximum Gasteiger partial charge on any atom is 0.296 e. The third-order valence-electron chi connectivity index (χ3n) is 2.82. The van der Waals surface area contributed by atoms with Gasteiger partial charge in [-0.3, -0.25) is 4.98 Å². The van der Waals surface area contributed by atoms with Crippen LogP contribution >= 0.6 is 10.7 Å². The molecule has 0 aliphatic heterocycles. The zero-order chi connectivity index (χ0) is 14.6. The molecular weight excluding hydrogens is 300 g/mol. The molecule has 0 N–H and O–H groups in total. The summed E-state index contributed by atoms with van der Waals surface area (Å²) in [5, 5.41) is 7.46. The van der Waals surface area contributed by atoms with Crippen LogP contribution in [0.4, 0.5) is 0 Å². The lowest BCUT2D eigenvalue weighted by atomic mass is 10.1. The molecule has 2 rings (SSSR count). The minimum Gasteiger partial charge on any atom is -0.301 e. The first-order valence-electron chi connectivity index (χ1n) is 6.28. The summed E-state index contributed by atoms with van der Waals surface area (Å²) in [6, 6.07) is 3.83. The molecule has 0 radical (unpaired) electrons. The largest absolute Gasteiger partial charge is 0.301 e. The molecular formula is C12H15ClN4O2S. The van der Waals surface area contributed by atoms with Crippen LogP contribution in [0.25, 0.3) is 0 Å². The Morgan fingerprint density at radius 3 is 2.70 bits per heavy atom. The summed E-state index contributed by atoms with van der Waals surface area (Å²) >= 11 is 0. The van der Waals surface area contributed by atoms with E-state index in [4.69, 9.17) is 10.7 Å². The summed E-state index contributed by atoms with van der Waals surface area (Å²) in [5.74, 6) is 0.620. The van der Waals surface area contributed by atoms with Gasteiger partial charge in [0.25, 0.3) is 14.2 Å². The molecule has 8 heteroatoms. The van der Waals surface area contributed by atoms with Crippen LogP contribution in [0.15, 0.2) is 29.7 Å². The zero-order valence-corrected chi connectivity index (χ0v) is 12.6. The molecule has 0 fully saturated rings. The minimum absolute atomic E-state index is 0.179. The second-order valence-electron chi connectivity index (χ2n) is 4.35.